The van der Waals surface area contributed by atoms with Gasteiger partial charge in [-0.25, -0.2) is 9.59 Å². The Morgan fingerprint density at radius 2 is 2.14 bits per heavy atom. The van der Waals surface area contributed by atoms with Gasteiger partial charge in [0.15, 0.2) is 0 Å². The number of hydrogen-bond acceptors (Lipinski definition) is 5. The fourth-order valence-electron chi connectivity index (χ4n) is 2.36. The van der Waals surface area contributed by atoms with Crippen molar-refractivity contribution in [1.82, 2.24) is 0 Å². The van der Waals surface area contributed by atoms with Gasteiger partial charge in [0.2, 0.25) is 0 Å². The van der Waals surface area contributed by atoms with Crippen LogP contribution in [0.1, 0.15) is 27.7 Å². The van der Waals surface area contributed by atoms with E-state index in [0.717, 1.165) is 17.4 Å². The van der Waals surface area contributed by atoms with Crippen molar-refractivity contribution in [2.45, 2.75) is 20.3 Å². The van der Waals surface area contributed by atoms with Crippen molar-refractivity contribution in [2.24, 2.45) is 0 Å². The Labute approximate surface area is 131 Å². The third-order valence-electron chi connectivity index (χ3n) is 3.50. The van der Waals surface area contributed by atoms with Crippen LogP contribution >= 0.6 is 11.3 Å². The van der Waals surface area contributed by atoms with Gasteiger partial charge in [0.25, 0.3) is 0 Å². The van der Waals surface area contributed by atoms with E-state index in [-0.39, 0.29) is 0 Å². The molecule has 4 nitrogen and oxygen atoms in total. The second-order valence-corrected chi connectivity index (χ2v) is 5.82. The quantitative estimate of drug-likeness (QED) is 0.417. The van der Waals surface area contributed by atoms with Crippen molar-refractivity contribution >= 4 is 28.3 Å². The van der Waals surface area contributed by atoms with E-state index in [2.05, 4.69) is 0 Å². The van der Waals surface area contributed by atoms with Crippen LogP contribution in [0.15, 0.2) is 44.9 Å². The molecule has 2 heterocycles. The fraction of sp³-hybridized carbons (Fsp3) is 0.176. The first-order valence-electron chi connectivity index (χ1n) is 6.92. The minimum atomic E-state index is -0.411. The molecular formula is C17H14O4S. The maximum absolute atomic E-state index is 12.0. The Morgan fingerprint density at radius 3 is 2.82 bits per heavy atom. The predicted molar refractivity (Wildman–Crippen MR) is 85.9 cm³/mol. The number of esters is 1. The van der Waals surface area contributed by atoms with Crippen LogP contribution in [0, 0.1) is 6.92 Å². The molecule has 0 bridgehead atoms. The highest BCUT2D eigenvalue weighted by Gasteiger charge is 2.15. The first-order chi connectivity index (χ1) is 10.6. The highest BCUT2D eigenvalue weighted by Crippen LogP contribution is 2.29. The van der Waals surface area contributed by atoms with Gasteiger partial charge in [-0.15, -0.1) is 11.3 Å². The van der Waals surface area contributed by atoms with Gasteiger partial charge in [-0.05, 0) is 42.5 Å². The lowest BCUT2D eigenvalue weighted by Crippen LogP contribution is -2.08. The number of benzene rings is 1. The molecule has 0 amide bonds. The van der Waals surface area contributed by atoms with Crippen LogP contribution in [0.3, 0.4) is 0 Å². The summed E-state index contributed by atoms with van der Waals surface area (Å²) in [5.41, 5.74) is 1.65. The molecule has 0 fully saturated rings. The van der Waals surface area contributed by atoms with Crippen molar-refractivity contribution in [3.63, 3.8) is 0 Å². The number of carbonyl (C=O) groups excluding carboxylic acids is 1. The molecule has 0 atom stereocenters. The number of aryl methyl sites for hydroxylation is 2. The van der Waals surface area contributed by atoms with Crippen molar-refractivity contribution in [2.75, 3.05) is 0 Å². The molecule has 0 saturated carbocycles. The number of thiophene rings is 1. The van der Waals surface area contributed by atoms with E-state index >= 15 is 0 Å². The average molecular weight is 314 g/mol. The minimum Gasteiger partial charge on any atom is -0.422 e. The van der Waals surface area contributed by atoms with E-state index in [1.165, 1.54) is 17.4 Å². The van der Waals surface area contributed by atoms with Crippen LogP contribution < -0.4 is 10.4 Å². The van der Waals surface area contributed by atoms with E-state index in [0.29, 0.717) is 21.8 Å². The molecular weight excluding hydrogens is 300 g/mol. The predicted octanol–water partition coefficient (Wildman–Crippen LogP) is 3.94. The second-order valence-electron chi connectivity index (χ2n) is 4.88. The van der Waals surface area contributed by atoms with Crippen LogP contribution in [0.2, 0.25) is 0 Å². The Morgan fingerprint density at radius 1 is 1.32 bits per heavy atom. The highest BCUT2D eigenvalue weighted by atomic mass is 32.1. The average Bonchev–Trinajstić information content (AvgIpc) is 3.04. The van der Waals surface area contributed by atoms with Gasteiger partial charge in [0.05, 0.1) is 0 Å². The number of hydrogen-bond donors (Lipinski definition) is 0. The summed E-state index contributed by atoms with van der Waals surface area (Å²) >= 11 is 1.32. The summed E-state index contributed by atoms with van der Waals surface area (Å²) in [5, 5.41) is 2.69. The molecule has 0 saturated heterocycles. The van der Waals surface area contributed by atoms with Crippen LogP contribution in [0.5, 0.6) is 5.75 Å². The van der Waals surface area contributed by atoms with Gasteiger partial charge in [0.1, 0.15) is 16.2 Å². The lowest BCUT2D eigenvalue weighted by molar-refractivity contribution is 0.0739. The van der Waals surface area contributed by atoms with Gasteiger partial charge < -0.3 is 9.15 Å². The summed E-state index contributed by atoms with van der Waals surface area (Å²) in [6.45, 7) is 3.76. The largest absolute Gasteiger partial charge is 0.422 e. The lowest BCUT2D eigenvalue weighted by Gasteiger charge is -2.10. The first kappa shape index (κ1) is 14.5. The maximum atomic E-state index is 12.0. The van der Waals surface area contributed by atoms with Crippen LogP contribution in [0.4, 0.5) is 0 Å². The Kier molecular flexibility index (Phi) is 3.81. The smallest absolute Gasteiger partial charge is 0.353 e. The summed E-state index contributed by atoms with van der Waals surface area (Å²) < 4.78 is 10.7. The number of carbonyl (C=O) groups is 1. The second kappa shape index (κ2) is 5.77. The minimum absolute atomic E-state index is 0.394. The molecule has 112 valence electrons. The molecule has 1 aromatic carbocycles. The van der Waals surface area contributed by atoms with Crippen LogP contribution in [0.25, 0.3) is 11.0 Å². The van der Waals surface area contributed by atoms with Crippen molar-refractivity contribution in [1.29, 1.82) is 0 Å². The van der Waals surface area contributed by atoms with Gasteiger partial charge in [0, 0.05) is 17.0 Å². The molecule has 3 aromatic rings. The lowest BCUT2D eigenvalue weighted by atomic mass is 10.0. The fourth-order valence-corrected chi connectivity index (χ4v) is 2.95. The number of fused-ring (bicyclic) bond motifs is 1. The Balaban J connectivity index is 2.07. The molecule has 0 radical (unpaired) electrons. The molecule has 0 aliphatic rings. The molecule has 0 aliphatic heterocycles. The van der Waals surface area contributed by atoms with E-state index in [4.69, 9.17) is 9.15 Å². The zero-order valence-corrected chi connectivity index (χ0v) is 13.0. The van der Waals surface area contributed by atoms with Gasteiger partial charge in [-0.1, -0.05) is 13.0 Å². The monoisotopic (exact) mass is 314 g/mol. The number of ether oxygens (including phenoxy) is 1. The van der Waals surface area contributed by atoms with E-state index < -0.39 is 11.6 Å². The van der Waals surface area contributed by atoms with Crippen LogP contribution in [-0.2, 0) is 6.42 Å². The molecule has 0 spiro atoms. The van der Waals surface area contributed by atoms with Crippen molar-refractivity contribution in [3.05, 3.63) is 62.1 Å². The molecule has 0 N–H and O–H groups in total. The standard InChI is InChI=1S/C17H14O4S/c1-3-11-9-15(18)21-16-10(2)13(7-6-12(11)16)20-17(19)14-5-4-8-22-14/h4-9H,3H2,1-2H3. The Hall–Kier alpha value is -2.40. The molecule has 3 rings (SSSR count). The van der Waals surface area contributed by atoms with Crippen molar-refractivity contribution < 1.29 is 13.9 Å². The van der Waals surface area contributed by atoms with E-state index in [9.17, 15) is 9.59 Å². The number of rotatable bonds is 3. The highest BCUT2D eigenvalue weighted by molar-refractivity contribution is 7.12. The topological polar surface area (TPSA) is 56.5 Å². The summed E-state index contributed by atoms with van der Waals surface area (Å²) in [6.07, 6.45) is 0.732. The Bertz CT molecular complexity index is 891. The normalized spacial score (nSPS) is 10.8. The van der Waals surface area contributed by atoms with E-state index in [1.807, 2.05) is 18.4 Å². The summed E-state index contributed by atoms with van der Waals surface area (Å²) in [4.78, 5) is 24.2. The zero-order chi connectivity index (χ0) is 15.7. The van der Waals surface area contributed by atoms with Gasteiger partial charge in [-0.2, -0.15) is 0 Å². The summed E-state index contributed by atoms with van der Waals surface area (Å²) in [5.74, 6) is -0.00579. The molecule has 5 heteroatoms. The molecule has 22 heavy (non-hydrogen) atoms. The van der Waals surface area contributed by atoms with Gasteiger partial charge >= 0.3 is 11.6 Å². The van der Waals surface area contributed by atoms with Crippen molar-refractivity contribution in [3.8, 4) is 5.75 Å². The van der Waals surface area contributed by atoms with Crippen LogP contribution in [-0.4, -0.2) is 5.97 Å². The van der Waals surface area contributed by atoms with E-state index in [1.54, 1.807) is 25.1 Å². The third kappa shape index (κ3) is 2.55. The zero-order valence-electron chi connectivity index (χ0n) is 12.2. The summed E-state index contributed by atoms with van der Waals surface area (Å²) in [7, 11) is 0. The maximum Gasteiger partial charge on any atom is 0.353 e. The summed E-state index contributed by atoms with van der Waals surface area (Å²) in [6, 6.07) is 8.56. The van der Waals surface area contributed by atoms with Gasteiger partial charge in [-0.3, -0.25) is 0 Å². The molecule has 0 aliphatic carbocycles. The first-order valence-corrected chi connectivity index (χ1v) is 7.80. The molecule has 2 aromatic heterocycles. The third-order valence-corrected chi connectivity index (χ3v) is 4.35. The SMILES string of the molecule is CCc1cc(=O)oc2c(C)c(OC(=O)c3cccs3)ccc12. The molecule has 0 unspecified atom stereocenters.